The van der Waals surface area contributed by atoms with Gasteiger partial charge in [-0.15, -0.1) is 0 Å². The first kappa shape index (κ1) is 11.7. The van der Waals surface area contributed by atoms with Crippen molar-refractivity contribution in [2.24, 2.45) is 5.92 Å². The monoisotopic (exact) mass is 219 g/mol. The lowest BCUT2D eigenvalue weighted by molar-refractivity contribution is 0.277. The van der Waals surface area contributed by atoms with Crippen LogP contribution >= 0.6 is 25.4 Å². The van der Waals surface area contributed by atoms with E-state index in [1.807, 2.05) is 0 Å². The molecule has 0 amide bonds. The second-order valence-electron chi connectivity index (χ2n) is 4.04. The van der Waals surface area contributed by atoms with E-state index < -0.39 is 0 Å². The highest BCUT2D eigenvalue weighted by atomic mass is 32.1. The molecular weight excluding hydrogens is 198 g/mol. The summed E-state index contributed by atoms with van der Waals surface area (Å²) in [5.74, 6) is 0.935. The van der Waals surface area contributed by atoms with Crippen LogP contribution in [0.15, 0.2) is 0 Å². The van der Waals surface area contributed by atoms with E-state index in [2.05, 4.69) is 36.7 Å². The molecule has 0 radical (unpaired) electrons. The van der Waals surface area contributed by atoms with Crippen LogP contribution in [0.1, 0.15) is 39.0 Å². The second kappa shape index (κ2) is 6.20. The van der Waals surface area contributed by atoms with Crippen LogP contribution in [0, 0.1) is 5.92 Å². The molecule has 3 heteroatoms. The van der Waals surface area contributed by atoms with Gasteiger partial charge in [-0.1, -0.05) is 19.7 Å². The van der Waals surface area contributed by atoms with E-state index in [0.29, 0.717) is 5.25 Å². The van der Waals surface area contributed by atoms with Gasteiger partial charge in [0.05, 0.1) is 0 Å². The van der Waals surface area contributed by atoms with Gasteiger partial charge in [0, 0.05) is 18.3 Å². The molecule has 1 aliphatic heterocycles. The molecule has 1 heterocycles. The molecule has 0 aromatic carbocycles. The molecule has 1 saturated heterocycles. The number of hydrogen-bond donors (Lipinski definition) is 2. The summed E-state index contributed by atoms with van der Waals surface area (Å²) < 4.78 is 2.13. The molecule has 0 spiro atoms. The van der Waals surface area contributed by atoms with Gasteiger partial charge in [-0.25, -0.2) is 0 Å². The maximum atomic E-state index is 4.52. The Bertz CT molecular complexity index is 133. The van der Waals surface area contributed by atoms with Crippen LogP contribution in [0.2, 0.25) is 0 Å². The Labute approximate surface area is 93.2 Å². The lowest BCUT2D eigenvalue weighted by Gasteiger charge is -2.28. The highest BCUT2D eigenvalue weighted by molar-refractivity contribution is 7.80. The standard InChI is InChI=1S/C10H21NS2/c1-2-10(12)4-3-9-5-7-11(13)8-6-9/h9-10,12-13H,2-8H2,1H3. The SMILES string of the molecule is CCC(S)CCC1CCN(S)CC1. The third-order valence-electron chi connectivity index (χ3n) is 2.97. The van der Waals surface area contributed by atoms with Crippen LogP contribution in [0.4, 0.5) is 0 Å². The lowest BCUT2D eigenvalue weighted by Crippen LogP contribution is -2.26. The van der Waals surface area contributed by atoms with Crippen LogP contribution in [-0.2, 0) is 0 Å². The predicted molar refractivity (Wildman–Crippen MR) is 65.6 cm³/mol. The van der Waals surface area contributed by atoms with E-state index in [1.165, 1.54) is 32.1 Å². The summed E-state index contributed by atoms with van der Waals surface area (Å²) in [5, 5.41) is 0.619. The van der Waals surface area contributed by atoms with Gasteiger partial charge < -0.3 is 0 Å². The van der Waals surface area contributed by atoms with Gasteiger partial charge >= 0.3 is 0 Å². The topological polar surface area (TPSA) is 3.24 Å². The number of nitrogens with zero attached hydrogens (tertiary/aromatic N) is 1. The van der Waals surface area contributed by atoms with Crippen LogP contribution in [-0.4, -0.2) is 22.6 Å². The van der Waals surface area contributed by atoms with Gasteiger partial charge in [0.15, 0.2) is 0 Å². The van der Waals surface area contributed by atoms with Gasteiger partial charge in [0.25, 0.3) is 0 Å². The van der Waals surface area contributed by atoms with Crippen LogP contribution in [0.25, 0.3) is 0 Å². The van der Waals surface area contributed by atoms with Crippen LogP contribution < -0.4 is 0 Å². The molecule has 78 valence electrons. The fraction of sp³-hybridized carbons (Fsp3) is 1.00. The molecule has 0 aromatic rings. The van der Waals surface area contributed by atoms with Crippen molar-refractivity contribution >= 4 is 25.4 Å². The van der Waals surface area contributed by atoms with Crippen molar-refractivity contribution in [2.75, 3.05) is 13.1 Å². The van der Waals surface area contributed by atoms with E-state index in [4.69, 9.17) is 0 Å². The number of hydrogen-bond acceptors (Lipinski definition) is 3. The third kappa shape index (κ3) is 4.61. The molecule has 0 bridgehead atoms. The van der Waals surface area contributed by atoms with Crippen LogP contribution in [0.5, 0.6) is 0 Å². The number of piperidine rings is 1. The maximum absolute atomic E-state index is 4.52. The normalized spacial score (nSPS) is 23.3. The van der Waals surface area contributed by atoms with Crippen molar-refractivity contribution in [1.82, 2.24) is 4.31 Å². The summed E-state index contributed by atoms with van der Waals surface area (Å²) in [6.07, 6.45) is 6.51. The van der Waals surface area contributed by atoms with Gasteiger partial charge in [0.1, 0.15) is 0 Å². The van der Waals surface area contributed by atoms with Crippen LogP contribution in [0.3, 0.4) is 0 Å². The summed E-state index contributed by atoms with van der Waals surface area (Å²) >= 11 is 8.87. The molecule has 1 atom stereocenters. The Balaban J connectivity index is 2.08. The Kier molecular flexibility index (Phi) is 5.60. The Morgan fingerprint density at radius 2 is 2.00 bits per heavy atom. The Morgan fingerprint density at radius 3 is 2.54 bits per heavy atom. The van der Waals surface area contributed by atoms with Crippen molar-refractivity contribution in [3.8, 4) is 0 Å². The van der Waals surface area contributed by atoms with E-state index in [9.17, 15) is 0 Å². The molecule has 1 aliphatic rings. The van der Waals surface area contributed by atoms with Gasteiger partial charge in [-0.3, -0.25) is 4.31 Å². The van der Waals surface area contributed by atoms with Gasteiger partial charge in [-0.05, 0) is 38.0 Å². The highest BCUT2D eigenvalue weighted by Gasteiger charge is 2.17. The molecule has 1 nitrogen and oxygen atoms in total. The first-order valence-corrected chi connectivity index (χ1v) is 6.26. The molecule has 0 aliphatic carbocycles. The van der Waals surface area contributed by atoms with Crippen molar-refractivity contribution in [3.63, 3.8) is 0 Å². The minimum Gasteiger partial charge on any atom is -0.253 e. The van der Waals surface area contributed by atoms with Crippen molar-refractivity contribution in [3.05, 3.63) is 0 Å². The van der Waals surface area contributed by atoms with Gasteiger partial charge in [0.2, 0.25) is 0 Å². The van der Waals surface area contributed by atoms with Crippen molar-refractivity contribution in [1.29, 1.82) is 0 Å². The van der Waals surface area contributed by atoms with E-state index >= 15 is 0 Å². The largest absolute Gasteiger partial charge is 0.253 e. The molecule has 1 rings (SSSR count). The minimum absolute atomic E-state index is 0.619. The zero-order valence-electron chi connectivity index (χ0n) is 8.45. The third-order valence-corrected chi connectivity index (χ3v) is 3.99. The Hall–Kier alpha value is 0.660. The van der Waals surface area contributed by atoms with Gasteiger partial charge in [-0.2, -0.15) is 12.6 Å². The first-order chi connectivity index (χ1) is 6.22. The average Bonchev–Trinajstić information content (AvgIpc) is 2.16. The zero-order chi connectivity index (χ0) is 9.68. The zero-order valence-corrected chi connectivity index (χ0v) is 10.2. The molecule has 0 N–H and O–H groups in total. The molecule has 0 saturated carbocycles. The summed E-state index contributed by atoms with van der Waals surface area (Å²) in [7, 11) is 0. The minimum atomic E-state index is 0.619. The molecular formula is C10H21NS2. The molecule has 13 heavy (non-hydrogen) atoms. The lowest BCUT2D eigenvalue weighted by atomic mass is 9.92. The fourth-order valence-corrected chi connectivity index (χ4v) is 2.22. The second-order valence-corrected chi connectivity index (χ2v) is 5.33. The molecule has 1 fully saturated rings. The summed E-state index contributed by atoms with van der Waals surface area (Å²) in [5.41, 5.74) is 0. The first-order valence-electron chi connectivity index (χ1n) is 5.34. The highest BCUT2D eigenvalue weighted by Crippen LogP contribution is 2.24. The smallest absolute Gasteiger partial charge is 0.00896 e. The Morgan fingerprint density at radius 1 is 1.38 bits per heavy atom. The quantitative estimate of drug-likeness (QED) is 0.688. The maximum Gasteiger partial charge on any atom is 0.00896 e. The average molecular weight is 219 g/mol. The fourth-order valence-electron chi connectivity index (χ4n) is 1.84. The summed E-state index contributed by atoms with van der Waals surface area (Å²) in [4.78, 5) is 0. The summed E-state index contributed by atoms with van der Waals surface area (Å²) in [6.45, 7) is 4.54. The number of thiol groups is 2. The van der Waals surface area contributed by atoms with Crippen molar-refractivity contribution in [2.45, 2.75) is 44.3 Å². The van der Waals surface area contributed by atoms with Crippen molar-refractivity contribution < 1.29 is 0 Å². The number of rotatable bonds is 4. The predicted octanol–water partition coefficient (Wildman–Crippen LogP) is 3.03. The van der Waals surface area contributed by atoms with E-state index in [1.54, 1.807) is 0 Å². The molecule has 0 aromatic heterocycles. The summed E-state index contributed by atoms with van der Waals surface area (Å²) in [6, 6.07) is 0. The van der Waals surface area contributed by atoms with E-state index in [0.717, 1.165) is 19.0 Å². The van der Waals surface area contributed by atoms with E-state index in [-0.39, 0.29) is 0 Å². The molecule has 1 unspecified atom stereocenters.